The Morgan fingerprint density at radius 1 is 0.404 bits per heavy atom. The van der Waals surface area contributed by atoms with Crippen molar-refractivity contribution in [1.29, 1.82) is 0 Å². The zero-order valence-corrected chi connectivity index (χ0v) is 31.1. The number of nitrogens with zero attached hydrogens (tertiary/aromatic N) is 2. The fraction of sp³-hybridized carbons (Fsp3) is 0.0370. The molecule has 2 aliphatic rings. The summed E-state index contributed by atoms with van der Waals surface area (Å²) in [7, 11) is 0. The summed E-state index contributed by atoms with van der Waals surface area (Å²) in [5.74, 6) is 1.01. The normalized spacial score (nSPS) is 16.1. The quantitative estimate of drug-likeness (QED) is 0.173. The van der Waals surface area contributed by atoms with E-state index < -0.39 is 0 Å². The number of hydrogen-bond donors (Lipinski definition) is 0. The number of para-hydroxylation sites is 4. The van der Waals surface area contributed by atoms with Gasteiger partial charge in [-0.15, -0.1) is 0 Å². The summed E-state index contributed by atoms with van der Waals surface area (Å²) in [6.45, 7) is 0. The molecule has 0 fully saturated rings. The maximum atomic E-state index is 6.98. The molecular weight excluding hydrogens is 693 g/mol. The van der Waals surface area contributed by atoms with Gasteiger partial charge in [-0.3, -0.25) is 0 Å². The van der Waals surface area contributed by atoms with E-state index in [-0.39, 0.29) is 12.0 Å². The lowest BCUT2D eigenvalue weighted by molar-refractivity contribution is 0.275. The molecule has 0 saturated carbocycles. The van der Waals surface area contributed by atoms with Crippen LogP contribution in [0, 0.1) is 0 Å². The van der Waals surface area contributed by atoms with Gasteiger partial charge in [-0.2, -0.15) is 0 Å². The van der Waals surface area contributed by atoms with Crippen molar-refractivity contribution in [2.24, 2.45) is 0 Å². The number of hydrogen-bond acceptors (Lipinski definition) is 1. The van der Waals surface area contributed by atoms with Gasteiger partial charge in [-0.25, -0.2) is 0 Å². The first-order chi connectivity index (χ1) is 28.3. The minimum absolute atomic E-state index is 0.0544. The summed E-state index contributed by atoms with van der Waals surface area (Å²) in [6.07, 6.45) is 4.44. The van der Waals surface area contributed by atoms with Gasteiger partial charge in [0, 0.05) is 32.8 Å². The van der Waals surface area contributed by atoms with Crippen LogP contribution in [0.1, 0.15) is 17.0 Å². The van der Waals surface area contributed by atoms with Crippen LogP contribution in [0.4, 0.5) is 0 Å². The zero-order valence-electron chi connectivity index (χ0n) is 31.1. The summed E-state index contributed by atoms with van der Waals surface area (Å²) in [5, 5.41) is 4.98. The van der Waals surface area contributed by atoms with E-state index in [0.717, 1.165) is 17.1 Å². The minimum Gasteiger partial charge on any atom is -0.483 e. The number of aromatic nitrogens is 2. The van der Waals surface area contributed by atoms with Crippen molar-refractivity contribution in [2.75, 3.05) is 0 Å². The van der Waals surface area contributed by atoms with Gasteiger partial charge in [-0.05, 0) is 88.0 Å². The average Bonchev–Trinajstić information content (AvgIpc) is 3.95. The third-order valence-corrected chi connectivity index (χ3v) is 12.2. The molecule has 2 unspecified atom stereocenters. The van der Waals surface area contributed by atoms with E-state index in [1.165, 1.54) is 82.6 Å². The Bertz CT molecular complexity index is 3260. The van der Waals surface area contributed by atoms with Crippen molar-refractivity contribution < 1.29 is 4.74 Å². The van der Waals surface area contributed by atoms with Crippen molar-refractivity contribution in [2.45, 2.75) is 12.0 Å². The van der Waals surface area contributed by atoms with Crippen molar-refractivity contribution >= 4 is 54.9 Å². The summed E-state index contributed by atoms with van der Waals surface area (Å²) in [6, 6.07) is 70.2. The third kappa shape index (κ3) is 4.85. The standard InChI is InChI=1S/C54H36N2O/c1-3-14-35(15-4-1)36-26-28-37(29-27-36)41-31-33-50(54-53(41)44-20-9-12-25-51(44)57-54)56-46-22-10-7-18-42(46)45-34-38(30-32-48(45)56)40-21-13-24-49-52(40)43-19-8-11-23-47(43)55(49)39-16-5-2-6-17-39/h1-34,53-54H. The predicted octanol–water partition coefficient (Wildman–Crippen LogP) is 13.7. The molecule has 0 radical (unpaired) electrons. The molecule has 2 aromatic heterocycles. The molecule has 57 heavy (non-hydrogen) atoms. The minimum atomic E-state index is -0.187. The summed E-state index contributed by atoms with van der Waals surface area (Å²) in [5.41, 5.74) is 15.7. The van der Waals surface area contributed by atoms with Crippen molar-refractivity contribution in [3.05, 3.63) is 217 Å². The van der Waals surface area contributed by atoms with Crippen LogP contribution in [0.3, 0.4) is 0 Å². The molecule has 0 amide bonds. The smallest absolute Gasteiger partial charge is 0.150 e. The molecule has 12 rings (SSSR count). The molecule has 268 valence electrons. The lowest BCUT2D eigenvalue weighted by Gasteiger charge is -2.29. The molecule has 1 aliphatic heterocycles. The summed E-state index contributed by atoms with van der Waals surface area (Å²) < 4.78 is 11.8. The summed E-state index contributed by atoms with van der Waals surface area (Å²) in [4.78, 5) is 0. The number of ether oxygens (including phenoxy) is 1. The fourth-order valence-electron chi connectivity index (χ4n) is 9.65. The molecule has 2 atom stereocenters. The molecule has 3 heterocycles. The highest BCUT2D eigenvalue weighted by atomic mass is 16.5. The first-order valence-corrected chi connectivity index (χ1v) is 19.7. The van der Waals surface area contributed by atoms with Crippen LogP contribution in [0.5, 0.6) is 5.75 Å². The Balaban J connectivity index is 1.03. The Labute approximate surface area is 330 Å². The van der Waals surface area contributed by atoms with Gasteiger partial charge in [0.2, 0.25) is 0 Å². The Hall–Kier alpha value is -7.36. The van der Waals surface area contributed by atoms with Crippen LogP contribution in [0.15, 0.2) is 206 Å². The van der Waals surface area contributed by atoms with Crippen LogP contribution in [0.2, 0.25) is 0 Å². The van der Waals surface area contributed by atoms with E-state index in [0.29, 0.717) is 0 Å². The second kappa shape index (κ2) is 12.6. The van der Waals surface area contributed by atoms with E-state index in [4.69, 9.17) is 4.74 Å². The predicted molar refractivity (Wildman–Crippen MR) is 237 cm³/mol. The lowest BCUT2D eigenvalue weighted by atomic mass is 9.79. The average molecular weight is 729 g/mol. The van der Waals surface area contributed by atoms with E-state index in [9.17, 15) is 0 Å². The van der Waals surface area contributed by atoms with E-state index in [2.05, 4.69) is 215 Å². The molecule has 3 nitrogen and oxygen atoms in total. The maximum Gasteiger partial charge on any atom is 0.150 e. The van der Waals surface area contributed by atoms with Crippen LogP contribution in [-0.2, 0) is 0 Å². The van der Waals surface area contributed by atoms with E-state index in [1.807, 2.05) is 0 Å². The number of benzene rings is 8. The second-order valence-corrected chi connectivity index (χ2v) is 15.2. The highest BCUT2D eigenvalue weighted by molar-refractivity contribution is 6.17. The van der Waals surface area contributed by atoms with Crippen LogP contribution < -0.4 is 4.74 Å². The topological polar surface area (TPSA) is 19.1 Å². The lowest BCUT2D eigenvalue weighted by Crippen LogP contribution is -2.27. The molecule has 0 bridgehead atoms. The van der Waals surface area contributed by atoms with Gasteiger partial charge in [0.1, 0.15) is 11.9 Å². The molecule has 8 aromatic carbocycles. The zero-order chi connectivity index (χ0) is 37.5. The summed E-state index contributed by atoms with van der Waals surface area (Å²) >= 11 is 0. The van der Waals surface area contributed by atoms with Gasteiger partial charge in [0.05, 0.1) is 33.7 Å². The monoisotopic (exact) mass is 728 g/mol. The first kappa shape index (κ1) is 31.9. The number of allylic oxidation sites excluding steroid dienone is 2. The van der Waals surface area contributed by atoms with E-state index in [1.54, 1.807) is 0 Å². The van der Waals surface area contributed by atoms with E-state index >= 15 is 0 Å². The van der Waals surface area contributed by atoms with Gasteiger partial charge in [0.25, 0.3) is 0 Å². The Kier molecular flexibility index (Phi) is 7.05. The van der Waals surface area contributed by atoms with Gasteiger partial charge in [-0.1, -0.05) is 152 Å². The highest BCUT2D eigenvalue weighted by Gasteiger charge is 2.42. The Morgan fingerprint density at radius 3 is 1.84 bits per heavy atom. The molecule has 10 aromatic rings. The fourth-order valence-corrected chi connectivity index (χ4v) is 9.65. The van der Waals surface area contributed by atoms with Crippen LogP contribution in [0.25, 0.3) is 82.8 Å². The van der Waals surface area contributed by atoms with Crippen molar-refractivity contribution in [1.82, 2.24) is 9.13 Å². The molecule has 0 N–H and O–H groups in total. The molecule has 0 saturated heterocycles. The first-order valence-electron chi connectivity index (χ1n) is 19.7. The van der Waals surface area contributed by atoms with Crippen molar-refractivity contribution in [3.8, 4) is 33.7 Å². The highest BCUT2D eigenvalue weighted by Crippen LogP contribution is 2.52. The molecule has 1 aliphatic carbocycles. The largest absolute Gasteiger partial charge is 0.483 e. The second-order valence-electron chi connectivity index (χ2n) is 15.2. The third-order valence-electron chi connectivity index (χ3n) is 12.2. The Morgan fingerprint density at radius 2 is 1.02 bits per heavy atom. The number of fused-ring (bicyclic) bond motifs is 9. The van der Waals surface area contributed by atoms with Gasteiger partial charge < -0.3 is 13.9 Å². The molecule has 0 spiro atoms. The molecule has 3 heteroatoms. The SMILES string of the molecule is C1=C(c2ccc(-c3ccccc3)cc2)C2c3ccccc3OC2C(n2c3ccccc3c3cc(-c4cccc5c4c4ccccc4n5-c4ccccc4)ccc32)=C1. The molecular formula is C54H36N2O. The maximum absolute atomic E-state index is 6.98. The van der Waals surface area contributed by atoms with Gasteiger partial charge in [0.15, 0.2) is 0 Å². The number of rotatable bonds is 5. The van der Waals surface area contributed by atoms with Crippen molar-refractivity contribution in [3.63, 3.8) is 0 Å². The van der Waals surface area contributed by atoms with Crippen LogP contribution in [-0.4, -0.2) is 15.2 Å². The van der Waals surface area contributed by atoms with Gasteiger partial charge >= 0.3 is 0 Å². The van der Waals surface area contributed by atoms with Crippen LogP contribution >= 0.6 is 0 Å².